The lowest BCUT2D eigenvalue weighted by Gasteiger charge is -2.05. The zero-order valence-corrected chi connectivity index (χ0v) is 15.3. The van der Waals surface area contributed by atoms with Crippen molar-refractivity contribution in [3.63, 3.8) is 0 Å². The molecule has 0 radical (unpaired) electrons. The lowest BCUT2D eigenvalue weighted by molar-refractivity contribution is 0.103. The van der Waals surface area contributed by atoms with Crippen LogP contribution in [0.15, 0.2) is 58.1 Å². The minimum atomic E-state index is -0.394. The molecule has 6 nitrogen and oxygen atoms in total. The Hall–Kier alpha value is -3.06. The van der Waals surface area contributed by atoms with Gasteiger partial charge in [-0.2, -0.15) is 4.98 Å². The number of rotatable bonds is 3. The van der Waals surface area contributed by atoms with Crippen LogP contribution in [-0.2, 0) is 0 Å². The van der Waals surface area contributed by atoms with Crippen molar-refractivity contribution < 1.29 is 4.79 Å². The molecule has 0 aliphatic heterocycles. The number of carbonyl (C=O) groups excluding carboxylic acids is 1. The Kier molecular flexibility index (Phi) is 4.00. The fourth-order valence-electron chi connectivity index (χ4n) is 2.97. The van der Waals surface area contributed by atoms with E-state index in [1.54, 1.807) is 43.6 Å². The molecule has 3 aromatic heterocycles. The van der Waals surface area contributed by atoms with Crippen LogP contribution in [0.4, 0.5) is 0 Å². The average Bonchev–Trinajstić information content (AvgIpc) is 3.01. The third kappa shape index (κ3) is 2.76. The number of carbonyl (C=O) groups is 1. The van der Waals surface area contributed by atoms with Gasteiger partial charge in [-0.3, -0.25) is 14.6 Å². The van der Waals surface area contributed by atoms with Crippen LogP contribution in [0.5, 0.6) is 0 Å². The standard InChI is InChI=1S/C19H13BrN4O2/c1-10-22-18-15(19(26)23-10)14(12-7-13(20)9-21-8-12)16(24-18)17(25)11-5-3-2-4-6-11/h2-9H,1H3,(H2,22,23,24,26). The average molecular weight is 409 g/mol. The molecule has 26 heavy (non-hydrogen) atoms. The molecule has 0 atom stereocenters. The maximum atomic E-state index is 13.1. The summed E-state index contributed by atoms with van der Waals surface area (Å²) in [6.45, 7) is 1.70. The number of nitrogens with one attached hydrogen (secondary N) is 2. The number of hydrogen-bond acceptors (Lipinski definition) is 4. The lowest BCUT2D eigenvalue weighted by Crippen LogP contribution is -2.09. The van der Waals surface area contributed by atoms with Gasteiger partial charge in [-0.05, 0) is 28.9 Å². The highest BCUT2D eigenvalue weighted by molar-refractivity contribution is 9.10. The van der Waals surface area contributed by atoms with Gasteiger partial charge < -0.3 is 9.97 Å². The molecule has 0 saturated carbocycles. The Morgan fingerprint density at radius 3 is 2.62 bits per heavy atom. The van der Waals surface area contributed by atoms with E-state index >= 15 is 0 Å². The number of hydrogen-bond donors (Lipinski definition) is 2. The fraction of sp³-hybridized carbons (Fsp3) is 0.0526. The van der Waals surface area contributed by atoms with Crippen molar-refractivity contribution in [2.75, 3.05) is 0 Å². The summed E-state index contributed by atoms with van der Waals surface area (Å²) in [5.74, 6) is 0.267. The van der Waals surface area contributed by atoms with Gasteiger partial charge in [0.05, 0.1) is 11.1 Å². The number of H-pyrrole nitrogens is 2. The minimum Gasteiger partial charge on any atom is -0.337 e. The first-order chi connectivity index (χ1) is 12.5. The minimum absolute atomic E-state index is 0.206. The van der Waals surface area contributed by atoms with Crippen molar-refractivity contribution >= 4 is 32.7 Å². The predicted molar refractivity (Wildman–Crippen MR) is 102 cm³/mol. The Labute approximate surface area is 156 Å². The van der Waals surface area contributed by atoms with E-state index in [0.29, 0.717) is 39.2 Å². The summed E-state index contributed by atoms with van der Waals surface area (Å²) >= 11 is 3.39. The molecular formula is C19H13BrN4O2. The molecule has 4 rings (SSSR count). The number of aryl methyl sites for hydroxylation is 1. The number of pyridine rings is 1. The van der Waals surface area contributed by atoms with Crippen LogP contribution in [-0.4, -0.2) is 25.7 Å². The van der Waals surface area contributed by atoms with E-state index in [2.05, 4.69) is 35.9 Å². The number of ketones is 1. The Morgan fingerprint density at radius 1 is 1.12 bits per heavy atom. The van der Waals surface area contributed by atoms with Crippen molar-refractivity contribution in [1.29, 1.82) is 0 Å². The van der Waals surface area contributed by atoms with E-state index in [1.165, 1.54) is 0 Å². The predicted octanol–water partition coefficient (Wildman–Crippen LogP) is 3.62. The Morgan fingerprint density at radius 2 is 1.88 bits per heavy atom. The maximum Gasteiger partial charge on any atom is 0.283 e. The van der Waals surface area contributed by atoms with Crippen LogP contribution in [0, 0.1) is 6.92 Å². The van der Waals surface area contributed by atoms with E-state index in [0.717, 1.165) is 4.47 Å². The van der Waals surface area contributed by atoms with E-state index < -0.39 is 5.56 Å². The van der Waals surface area contributed by atoms with Crippen LogP contribution < -0.4 is 5.56 Å². The summed E-state index contributed by atoms with van der Waals surface area (Å²) in [7, 11) is 0. The van der Waals surface area contributed by atoms with Gasteiger partial charge in [0, 0.05) is 33.6 Å². The van der Waals surface area contributed by atoms with E-state index in [-0.39, 0.29) is 5.78 Å². The molecule has 128 valence electrons. The van der Waals surface area contributed by atoms with Gasteiger partial charge in [-0.25, -0.2) is 0 Å². The van der Waals surface area contributed by atoms with E-state index in [1.807, 2.05) is 12.1 Å². The van der Waals surface area contributed by atoms with Gasteiger partial charge in [0.15, 0.2) is 0 Å². The third-order valence-electron chi connectivity index (χ3n) is 4.05. The van der Waals surface area contributed by atoms with Gasteiger partial charge in [0.25, 0.3) is 5.56 Å². The van der Waals surface area contributed by atoms with Gasteiger partial charge >= 0.3 is 0 Å². The first-order valence-electron chi connectivity index (χ1n) is 7.88. The summed E-state index contributed by atoms with van der Waals surface area (Å²) in [5.41, 5.74) is 2.08. The van der Waals surface area contributed by atoms with Crippen LogP contribution in [0.2, 0.25) is 0 Å². The van der Waals surface area contributed by atoms with Crippen molar-refractivity contribution in [3.05, 3.63) is 80.7 Å². The molecule has 0 fully saturated rings. The smallest absolute Gasteiger partial charge is 0.283 e. The monoisotopic (exact) mass is 408 g/mol. The molecule has 0 aliphatic rings. The normalized spacial score (nSPS) is 11.0. The molecule has 0 spiro atoms. The van der Waals surface area contributed by atoms with Gasteiger partial charge in [-0.1, -0.05) is 30.3 Å². The summed E-state index contributed by atoms with van der Waals surface area (Å²) in [4.78, 5) is 39.9. The fourth-order valence-corrected chi connectivity index (χ4v) is 3.33. The Balaban J connectivity index is 2.07. The van der Waals surface area contributed by atoms with Crippen LogP contribution in [0.1, 0.15) is 21.9 Å². The van der Waals surface area contributed by atoms with Crippen molar-refractivity contribution in [2.45, 2.75) is 6.92 Å². The molecule has 0 bridgehead atoms. The molecule has 0 saturated heterocycles. The molecule has 0 amide bonds. The highest BCUT2D eigenvalue weighted by Crippen LogP contribution is 2.32. The van der Waals surface area contributed by atoms with E-state index in [4.69, 9.17) is 0 Å². The summed E-state index contributed by atoms with van der Waals surface area (Å²) in [5, 5.41) is 0.342. The van der Waals surface area contributed by atoms with Crippen LogP contribution in [0.25, 0.3) is 22.2 Å². The first kappa shape index (κ1) is 16.4. The van der Waals surface area contributed by atoms with Crippen LogP contribution >= 0.6 is 15.9 Å². The molecular weight excluding hydrogens is 396 g/mol. The van der Waals surface area contributed by atoms with Crippen LogP contribution in [0.3, 0.4) is 0 Å². The maximum absolute atomic E-state index is 13.1. The first-order valence-corrected chi connectivity index (χ1v) is 8.67. The van der Waals surface area contributed by atoms with Crippen molar-refractivity contribution in [3.8, 4) is 11.1 Å². The number of fused-ring (bicyclic) bond motifs is 1. The molecule has 0 unspecified atom stereocenters. The molecule has 7 heteroatoms. The lowest BCUT2D eigenvalue weighted by atomic mass is 10.00. The SMILES string of the molecule is Cc1nc(=O)c2c(-c3cncc(Br)c3)c(C(=O)c3ccccc3)[nH]c2[nH]1. The second kappa shape index (κ2) is 6.34. The Bertz CT molecular complexity index is 1200. The third-order valence-corrected chi connectivity index (χ3v) is 4.48. The topological polar surface area (TPSA) is 91.5 Å². The zero-order chi connectivity index (χ0) is 18.3. The van der Waals surface area contributed by atoms with Crippen molar-refractivity contribution in [1.82, 2.24) is 19.9 Å². The second-order valence-electron chi connectivity index (χ2n) is 5.84. The van der Waals surface area contributed by atoms with E-state index in [9.17, 15) is 9.59 Å². The molecule has 1 aromatic carbocycles. The summed E-state index contributed by atoms with van der Waals surface area (Å²) in [6, 6.07) is 10.7. The zero-order valence-electron chi connectivity index (χ0n) is 13.7. The highest BCUT2D eigenvalue weighted by Gasteiger charge is 2.23. The van der Waals surface area contributed by atoms with Gasteiger partial charge in [-0.15, -0.1) is 0 Å². The highest BCUT2D eigenvalue weighted by atomic mass is 79.9. The summed E-state index contributed by atoms with van der Waals surface area (Å²) < 4.78 is 0.749. The molecule has 0 aliphatic carbocycles. The largest absolute Gasteiger partial charge is 0.337 e. The molecule has 3 heterocycles. The number of halogens is 1. The molecule has 4 aromatic rings. The number of nitrogens with zero attached hydrogens (tertiary/aromatic N) is 2. The second-order valence-corrected chi connectivity index (χ2v) is 6.76. The quantitative estimate of drug-likeness (QED) is 0.506. The van der Waals surface area contributed by atoms with Gasteiger partial charge in [0.2, 0.25) is 5.78 Å². The van der Waals surface area contributed by atoms with Crippen molar-refractivity contribution in [2.24, 2.45) is 0 Å². The number of benzene rings is 1. The summed E-state index contributed by atoms with van der Waals surface area (Å²) in [6.07, 6.45) is 3.26. The molecule has 2 N–H and O–H groups in total. The number of aromatic nitrogens is 4. The van der Waals surface area contributed by atoms with Gasteiger partial charge in [0.1, 0.15) is 11.5 Å². The number of aromatic amines is 2.